The molecule has 2 amide bonds. The van der Waals surface area contributed by atoms with Crippen molar-refractivity contribution in [1.82, 2.24) is 10.2 Å². The summed E-state index contributed by atoms with van der Waals surface area (Å²) < 4.78 is 0. The second-order valence-corrected chi connectivity index (χ2v) is 3.10. The second kappa shape index (κ2) is 7.38. The molecule has 0 atom stereocenters. The number of hydrogen-bond acceptors (Lipinski definition) is 2. The summed E-state index contributed by atoms with van der Waals surface area (Å²) in [5.41, 5.74) is 1.12. The van der Waals surface area contributed by atoms with Crippen molar-refractivity contribution in [3.63, 3.8) is 0 Å². The number of nitrogens with one attached hydrogen (secondary N) is 1. The van der Waals surface area contributed by atoms with E-state index < -0.39 is 0 Å². The van der Waals surface area contributed by atoms with E-state index in [0.29, 0.717) is 13.1 Å². The molecular weight excluding hydrogens is 180 g/mol. The number of carbonyl (C=O) groups is 1. The summed E-state index contributed by atoms with van der Waals surface area (Å²) in [6.07, 6.45) is 2.63. The van der Waals surface area contributed by atoms with Crippen molar-refractivity contribution < 1.29 is 9.90 Å². The number of likely N-dealkylation sites (N-methyl/N-ethyl adjacent to an activating group) is 1. The van der Waals surface area contributed by atoms with Crippen molar-refractivity contribution in [2.75, 3.05) is 19.7 Å². The summed E-state index contributed by atoms with van der Waals surface area (Å²) in [5, 5.41) is 11.4. The minimum atomic E-state index is -0.158. The van der Waals surface area contributed by atoms with Crippen LogP contribution >= 0.6 is 0 Å². The van der Waals surface area contributed by atoms with Crippen LogP contribution in [0.2, 0.25) is 0 Å². The Kier molecular flexibility index (Phi) is 6.84. The van der Waals surface area contributed by atoms with Gasteiger partial charge in [-0.25, -0.2) is 4.79 Å². The Morgan fingerprint density at radius 3 is 2.57 bits per heavy atom. The quantitative estimate of drug-likeness (QED) is 0.703. The van der Waals surface area contributed by atoms with Crippen LogP contribution in [-0.2, 0) is 0 Å². The molecule has 0 radical (unpaired) electrons. The fourth-order valence-corrected chi connectivity index (χ4v) is 0.902. The Morgan fingerprint density at radius 2 is 2.14 bits per heavy atom. The molecule has 2 N–H and O–H groups in total. The van der Waals surface area contributed by atoms with Gasteiger partial charge in [0.25, 0.3) is 0 Å². The van der Waals surface area contributed by atoms with Gasteiger partial charge in [-0.15, -0.1) is 0 Å². The molecule has 0 aromatic rings. The largest absolute Gasteiger partial charge is 0.395 e. The number of aliphatic hydroxyl groups is 1. The van der Waals surface area contributed by atoms with E-state index in [1.54, 1.807) is 11.1 Å². The first kappa shape index (κ1) is 13.0. The molecule has 0 saturated heterocycles. The number of rotatable bonds is 5. The summed E-state index contributed by atoms with van der Waals surface area (Å²) in [4.78, 5) is 13.0. The number of urea groups is 1. The Bertz CT molecular complexity index is 202. The normalized spacial score (nSPS) is 11.3. The van der Waals surface area contributed by atoms with Gasteiger partial charge in [-0.3, -0.25) is 0 Å². The van der Waals surface area contributed by atoms with Crippen molar-refractivity contribution in [1.29, 1.82) is 0 Å². The molecule has 82 valence electrons. The molecule has 0 fully saturated rings. The van der Waals surface area contributed by atoms with E-state index in [1.807, 2.05) is 20.8 Å². The van der Waals surface area contributed by atoms with Gasteiger partial charge in [0, 0.05) is 19.3 Å². The molecule has 14 heavy (non-hydrogen) atoms. The zero-order chi connectivity index (χ0) is 11.0. The molecule has 4 heteroatoms. The minimum absolute atomic E-state index is 0.00225. The third kappa shape index (κ3) is 4.87. The van der Waals surface area contributed by atoms with Gasteiger partial charge in [0.2, 0.25) is 0 Å². The highest BCUT2D eigenvalue weighted by Gasteiger charge is 2.07. The predicted molar refractivity (Wildman–Crippen MR) is 56.9 cm³/mol. The molecule has 0 aliphatic rings. The second-order valence-electron chi connectivity index (χ2n) is 3.10. The molecule has 0 bridgehead atoms. The average molecular weight is 200 g/mol. The van der Waals surface area contributed by atoms with Crippen molar-refractivity contribution >= 4 is 6.03 Å². The van der Waals surface area contributed by atoms with Gasteiger partial charge in [0.05, 0.1) is 6.61 Å². The van der Waals surface area contributed by atoms with Crippen LogP contribution < -0.4 is 5.32 Å². The van der Waals surface area contributed by atoms with Crippen LogP contribution in [0.4, 0.5) is 4.79 Å². The van der Waals surface area contributed by atoms with Crippen LogP contribution in [0.25, 0.3) is 0 Å². The predicted octanol–water partition coefficient (Wildman–Crippen LogP) is 1.32. The van der Waals surface area contributed by atoms with Gasteiger partial charge in [-0.05, 0) is 20.3 Å². The van der Waals surface area contributed by atoms with Crippen LogP contribution in [0, 0.1) is 0 Å². The SMILES string of the molecule is CC/C(C)=C/NC(=O)N(CC)CCO. The number of hydrogen-bond donors (Lipinski definition) is 2. The average Bonchev–Trinajstić information content (AvgIpc) is 2.21. The van der Waals surface area contributed by atoms with E-state index >= 15 is 0 Å². The van der Waals surface area contributed by atoms with Gasteiger partial charge < -0.3 is 15.3 Å². The molecule has 0 rings (SSSR count). The first-order valence-corrected chi connectivity index (χ1v) is 4.97. The lowest BCUT2D eigenvalue weighted by Gasteiger charge is -2.18. The zero-order valence-electron chi connectivity index (χ0n) is 9.21. The standard InChI is InChI=1S/C10H20N2O2/c1-4-9(3)8-11-10(14)12(5-2)6-7-13/h8,13H,4-7H2,1-3H3,(H,11,14)/b9-8+. The van der Waals surface area contributed by atoms with E-state index in [-0.39, 0.29) is 12.6 Å². The number of carbonyl (C=O) groups excluding carboxylic acids is 1. The summed E-state index contributed by atoms with van der Waals surface area (Å²) >= 11 is 0. The summed E-state index contributed by atoms with van der Waals surface area (Å²) in [7, 11) is 0. The monoisotopic (exact) mass is 200 g/mol. The molecule has 0 saturated carbocycles. The summed E-state index contributed by atoms with van der Waals surface area (Å²) in [6.45, 7) is 6.85. The highest BCUT2D eigenvalue weighted by Crippen LogP contribution is 1.96. The molecule has 0 aliphatic carbocycles. The molecule has 0 unspecified atom stereocenters. The van der Waals surface area contributed by atoms with E-state index in [2.05, 4.69) is 5.32 Å². The summed E-state index contributed by atoms with van der Waals surface area (Å²) in [6, 6.07) is -0.158. The number of aliphatic hydroxyl groups excluding tert-OH is 1. The topological polar surface area (TPSA) is 52.6 Å². The lowest BCUT2D eigenvalue weighted by Crippen LogP contribution is -2.39. The number of nitrogens with zero attached hydrogens (tertiary/aromatic N) is 1. The van der Waals surface area contributed by atoms with Gasteiger partial charge in [-0.2, -0.15) is 0 Å². The Hall–Kier alpha value is -1.03. The number of amides is 2. The minimum Gasteiger partial charge on any atom is -0.395 e. The van der Waals surface area contributed by atoms with Gasteiger partial charge in [-0.1, -0.05) is 12.5 Å². The van der Waals surface area contributed by atoms with Crippen LogP contribution in [0.1, 0.15) is 27.2 Å². The molecule has 0 heterocycles. The molecule has 4 nitrogen and oxygen atoms in total. The van der Waals surface area contributed by atoms with E-state index in [9.17, 15) is 4.79 Å². The molecule has 0 spiro atoms. The van der Waals surface area contributed by atoms with Crippen LogP contribution in [0.15, 0.2) is 11.8 Å². The van der Waals surface area contributed by atoms with Crippen molar-refractivity contribution in [3.05, 3.63) is 11.8 Å². The Balaban J connectivity index is 4.04. The first-order chi connectivity index (χ1) is 6.65. The molecular formula is C10H20N2O2. The van der Waals surface area contributed by atoms with Crippen molar-refractivity contribution in [3.8, 4) is 0 Å². The van der Waals surface area contributed by atoms with Crippen molar-refractivity contribution in [2.24, 2.45) is 0 Å². The third-order valence-electron chi connectivity index (χ3n) is 2.04. The van der Waals surface area contributed by atoms with Crippen LogP contribution in [0.5, 0.6) is 0 Å². The van der Waals surface area contributed by atoms with E-state index in [4.69, 9.17) is 5.11 Å². The van der Waals surface area contributed by atoms with E-state index in [1.165, 1.54) is 0 Å². The zero-order valence-corrected chi connectivity index (χ0v) is 9.21. The first-order valence-electron chi connectivity index (χ1n) is 4.97. The fourth-order valence-electron chi connectivity index (χ4n) is 0.902. The highest BCUT2D eigenvalue weighted by molar-refractivity contribution is 5.75. The molecule has 0 aliphatic heterocycles. The smallest absolute Gasteiger partial charge is 0.321 e. The lowest BCUT2D eigenvalue weighted by atomic mass is 10.3. The van der Waals surface area contributed by atoms with Gasteiger partial charge in [0.15, 0.2) is 0 Å². The lowest BCUT2D eigenvalue weighted by molar-refractivity contribution is 0.183. The third-order valence-corrected chi connectivity index (χ3v) is 2.04. The van der Waals surface area contributed by atoms with Crippen LogP contribution in [-0.4, -0.2) is 35.7 Å². The maximum atomic E-state index is 11.4. The summed E-state index contributed by atoms with van der Waals surface area (Å²) in [5.74, 6) is 0. The van der Waals surface area contributed by atoms with Crippen LogP contribution in [0.3, 0.4) is 0 Å². The fraction of sp³-hybridized carbons (Fsp3) is 0.700. The van der Waals surface area contributed by atoms with Gasteiger partial charge >= 0.3 is 6.03 Å². The Labute approximate surface area is 85.6 Å². The molecule has 0 aromatic carbocycles. The maximum absolute atomic E-state index is 11.4. The van der Waals surface area contributed by atoms with Gasteiger partial charge in [0.1, 0.15) is 0 Å². The Morgan fingerprint density at radius 1 is 1.50 bits per heavy atom. The van der Waals surface area contributed by atoms with E-state index in [0.717, 1.165) is 12.0 Å². The van der Waals surface area contributed by atoms with Crippen molar-refractivity contribution in [2.45, 2.75) is 27.2 Å². The molecule has 0 aromatic heterocycles. The highest BCUT2D eigenvalue weighted by atomic mass is 16.3. The number of allylic oxidation sites excluding steroid dienone is 1. The maximum Gasteiger partial charge on any atom is 0.321 e.